The first-order chi connectivity index (χ1) is 18.7. The highest BCUT2D eigenvalue weighted by Crippen LogP contribution is 2.34. The molecule has 0 heterocycles. The molecule has 39 heavy (non-hydrogen) atoms. The summed E-state index contributed by atoms with van der Waals surface area (Å²) >= 11 is 0. The summed E-state index contributed by atoms with van der Waals surface area (Å²) in [5.41, 5.74) is 1.21. The minimum absolute atomic E-state index is 0.0280. The average Bonchev–Trinajstić information content (AvgIpc) is 2.96. The summed E-state index contributed by atoms with van der Waals surface area (Å²) in [6.45, 7) is 3.55. The maximum Gasteiger partial charge on any atom is 0.264 e. The first kappa shape index (κ1) is 29.5. The Morgan fingerprint density at radius 2 is 1.51 bits per heavy atom. The fourth-order valence-electron chi connectivity index (χ4n) is 4.12. The molecule has 1 atom stereocenters. The summed E-state index contributed by atoms with van der Waals surface area (Å²) in [4.78, 5) is 28.0. The van der Waals surface area contributed by atoms with Crippen molar-refractivity contribution in [3.63, 3.8) is 0 Å². The Balaban J connectivity index is 2.02. The molecule has 0 radical (unpaired) electrons. The van der Waals surface area contributed by atoms with Gasteiger partial charge in [-0.3, -0.25) is 13.9 Å². The van der Waals surface area contributed by atoms with Crippen LogP contribution < -0.4 is 19.1 Å². The van der Waals surface area contributed by atoms with Crippen molar-refractivity contribution in [2.45, 2.75) is 31.2 Å². The van der Waals surface area contributed by atoms with E-state index in [0.29, 0.717) is 24.5 Å². The van der Waals surface area contributed by atoms with Gasteiger partial charge >= 0.3 is 0 Å². The number of anilines is 1. The molecule has 3 rings (SSSR count). The highest BCUT2D eigenvalue weighted by atomic mass is 32.2. The Hall–Kier alpha value is -4.05. The van der Waals surface area contributed by atoms with Crippen molar-refractivity contribution in [1.82, 2.24) is 10.2 Å². The Morgan fingerprint density at radius 1 is 0.897 bits per heavy atom. The van der Waals surface area contributed by atoms with Crippen molar-refractivity contribution in [3.8, 4) is 11.5 Å². The second-order valence-corrected chi connectivity index (χ2v) is 10.6. The molecular formula is C29H35N3O6S. The van der Waals surface area contributed by atoms with Crippen molar-refractivity contribution in [2.75, 3.05) is 38.2 Å². The van der Waals surface area contributed by atoms with Gasteiger partial charge in [-0.25, -0.2) is 8.42 Å². The molecule has 1 unspecified atom stereocenters. The van der Waals surface area contributed by atoms with Crippen LogP contribution in [0.5, 0.6) is 11.5 Å². The number of ether oxygens (including phenoxy) is 2. The van der Waals surface area contributed by atoms with E-state index in [-0.39, 0.29) is 23.0 Å². The van der Waals surface area contributed by atoms with Gasteiger partial charge in [0.1, 0.15) is 12.6 Å². The summed E-state index contributed by atoms with van der Waals surface area (Å²) in [5.74, 6) is -0.104. The third kappa shape index (κ3) is 7.29. The van der Waals surface area contributed by atoms with E-state index in [0.717, 1.165) is 9.87 Å². The molecular weight excluding hydrogens is 518 g/mol. The lowest BCUT2D eigenvalue weighted by molar-refractivity contribution is -0.138. The van der Waals surface area contributed by atoms with Crippen molar-refractivity contribution in [3.05, 3.63) is 84.4 Å². The largest absolute Gasteiger partial charge is 0.493 e. The highest BCUT2D eigenvalue weighted by molar-refractivity contribution is 7.92. The molecule has 0 bridgehead atoms. The number of benzene rings is 3. The molecule has 0 aromatic heterocycles. The van der Waals surface area contributed by atoms with Crippen LogP contribution in [0.25, 0.3) is 0 Å². The molecule has 10 heteroatoms. The van der Waals surface area contributed by atoms with E-state index in [9.17, 15) is 18.0 Å². The number of hydrogen-bond donors (Lipinski definition) is 1. The molecule has 0 aliphatic carbocycles. The van der Waals surface area contributed by atoms with E-state index in [1.165, 1.54) is 37.3 Å². The smallest absolute Gasteiger partial charge is 0.264 e. The van der Waals surface area contributed by atoms with Crippen LogP contribution in [-0.2, 0) is 26.0 Å². The lowest BCUT2D eigenvalue weighted by Gasteiger charge is -2.32. The molecule has 1 N–H and O–H groups in total. The minimum atomic E-state index is -4.16. The van der Waals surface area contributed by atoms with Gasteiger partial charge in [0.25, 0.3) is 10.0 Å². The van der Waals surface area contributed by atoms with E-state index in [2.05, 4.69) is 5.32 Å². The van der Waals surface area contributed by atoms with Gasteiger partial charge in [-0.1, -0.05) is 48.5 Å². The van der Waals surface area contributed by atoms with Gasteiger partial charge in [-0.2, -0.15) is 0 Å². The molecule has 3 aromatic rings. The van der Waals surface area contributed by atoms with Gasteiger partial charge in [0, 0.05) is 19.2 Å². The predicted molar refractivity (Wildman–Crippen MR) is 151 cm³/mol. The number of carbonyl (C=O) groups excluding carboxylic acids is 2. The molecule has 0 saturated heterocycles. The molecule has 0 fully saturated rings. The number of sulfonamides is 1. The van der Waals surface area contributed by atoms with Gasteiger partial charge in [0.2, 0.25) is 11.8 Å². The zero-order chi connectivity index (χ0) is 28.4. The fourth-order valence-corrected chi connectivity index (χ4v) is 5.55. The van der Waals surface area contributed by atoms with Crippen molar-refractivity contribution < 1.29 is 27.5 Å². The molecule has 0 aliphatic rings. The normalized spacial score (nSPS) is 11.8. The van der Waals surface area contributed by atoms with E-state index in [4.69, 9.17) is 9.47 Å². The molecule has 9 nitrogen and oxygen atoms in total. The molecule has 0 spiro atoms. The Morgan fingerprint density at radius 3 is 2.10 bits per heavy atom. The van der Waals surface area contributed by atoms with Crippen LogP contribution in [0.1, 0.15) is 19.4 Å². The number of hydrogen-bond acceptors (Lipinski definition) is 6. The molecule has 0 saturated carbocycles. The first-order valence-corrected chi connectivity index (χ1v) is 14.1. The third-order valence-corrected chi connectivity index (χ3v) is 8.06. The fraction of sp³-hybridized carbons (Fsp3) is 0.310. The van der Waals surface area contributed by atoms with Crippen molar-refractivity contribution in [1.29, 1.82) is 0 Å². The van der Waals surface area contributed by atoms with Crippen LogP contribution >= 0.6 is 0 Å². The number of carbonyl (C=O) groups is 2. The standard InChI is InChI=1S/C29H35N3O6S/c1-5-30-29(34)22(2)31(19-18-23-12-8-6-9-13-23)28(33)21-32(39(35,36)25-14-10-7-11-15-25)24-16-17-26(37-3)27(20-24)38-4/h6-17,20,22H,5,18-19,21H2,1-4H3,(H,30,34). The van der Waals surface area contributed by atoms with Crippen LogP contribution in [0.15, 0.2) is 83.8 Å². The van der Waals surface area contributed by atoms with Gasteiger partial charge in [-0.05, 0) is 50.1 Å². The summed E-state index contributed by atoms with van der Waals surface area (Å²) in [6.07, 6.45) is 0.498. The number of amides is 2. The average molecular weight is 554 g/mol. The van der Waals surface area contributed by atoms with Gasteiger partial charge < -0.3 is 19.7 Å². The van der Waals surface area contributed by atoms with Gasteiger partial charge in [0.15, 0.2) is 11.5 Å². The Kier molecular flexibility index (Phi) is 10.3. The molecule has 2 amide bonds. The maximum atomic E-state index is 13.8. The molecule has 3 aromatic carbocycles. The minimum Gasteiger partial charge on any atom is -0.493 e. The molecule has 0 aliphatic heterocycles. The number of methoxy groups -OCH3 is 2. The lowest BCUT2D eigenvalue weighted by atomic mass is 10.1. The highest BCUT2D eigenvalue weighted by Gasteiger charge is 2.32. The van der Waals surface area contributed by atoms with Crippen LogP contribution in [0, 0.1) is 0 Å². The zero-order valence-electron chi connectivity index (χ0n) is 22.7. The van der Waals surface area contributed by atoms with E-state index in [1.54, 1.807) is 44.2 Å². The quantitative estimate of drug-likeness (QED) is 0.347. The van der Waals surface area contributed by atoms with Crippen LogP contribution in [-0.4, -0.2) is 65.0 Å². The van der Waals surface area contributed by atoms with Crippen molar-refractivity contribution >= 4 is 27.5 Å². The monoisotopic (exact) mass is 553 g/mol. The Labute approximate surface area is 230 Å². The second kappa shape index (κ2) is 13.7. The van der Waals surface area contributed by atoms with E-state index in [1.807, 2.05) is 30.3 Å². The number of nitrogens with one attached hydrogen (secondary N) is 1. The van der Waals surface area contributed by atoms with Gasteiger partial charge in [0.05, 0.1) is 24.8 Å². The maximum absolute atomic E-state index is 13.8. The summed E-state index contributed by atoms with van der Waals surface area (Å²) in [5, 5.41) is 2.75. The summed E-state index contributed by atoms with van der Waals surface area (Å²) in [6, 6.07) is 21.3. The topological polar surface area (TPSA) is 105 Å². The SMILES string of the molecule is CCNC(=O)C(C)N(CCc1ccccc1)C(=O)CN(c1ccc(OC)c(OC)c1)S(=O)(=O)c1ccccc1. The lowest BCUT2D eigenvalue weighted by Crippen LogP contribution is -2.52. The zero-order valence-corrected chi connectivity index (χ0v) is 23.5. The summed E-state index contributed by atoms with van der Waals surface area (Å²) in [7, 11) is -1.24. The number of likely N-dealkylation sites (N-methyl/N-ethyl adjacent to an activating group) is 1. The second-order valence-electron chi connectivity index (χ2n) is 8.76. The van der Waals surface area contributed by atoms with E-state index < -0.39 is 28.5 Å². The van der Waals surface area contributed by atoms with Gasteiger partial charge in [-0.15, -0.1) is 0 Å². The first-order valence-electron chi connectivity index (χ1n) is 12.6. The third-order valence-electron chi connectivity index (χ3n) is 6.27. The van der Waals surface area contributed by atoms with Crippen LogP contribution in [0.2, 0.25) is 0 Å². The Bertz CT molecular complexity index is 1350. The molecule has 208 valence electrons. The number of rotatable bonds is 13. The van der Waals surface area contributed by atoms with Crippen LogP contribution in [0.3, 0.4) is 0 Å². The number of nitrogens with zero attached hydrogens (tertiary/aromatic N) is 2. The van der Waals surface area contributed by atoms with E-state index >= 15 is 0 Å². The van der Waals surface area contributed by atoms with Crippen molar-refractivity contribution in [2.24, 2.45) is 0 Å². The van der Waals surface area contributed by atoms with Crippen LogP contribution in [0.4, 0.5) is 5.69 Å². The predicted octanol–water partition coefficient (Wildman–Crippen LogP) is 3.50. The summed E-state index contributed by atoms with van der Waals surface area (Å²) < 4.78 is 39.4.